The minimum Gasteiger partial charge on any atom is -0.279 e. The lowest BCUT2D eigenvalue weighted by atomic mass is 10.7. The van der Waals surface area contributed by atoms with Gasteiger partial charge in [-0.3, -0.25) is 9.59 Å². The molecule has 0 aliphatic carbocycles. The predicted octanol–water partition coefficient (Wildman–Crippen LogP) is -2.00. The molecule has 0 saturated heterocycles. The van der Waals surface area contributed by atoms with Gasteiger partial charge in [0.05, 0.1) is 0 Å². The number of hydrazine groups is 1. The maximum Gasteiger partial charge on any atom is 0.328 e. The van der Waals surface area contributed by atoms with Crippen molar-refractivity contribution in [2.45, 2.75) is 0 Å². The molecule has 0 aliphatic rings. The SMILES string of the molecule is [NH]N(N)C(=O)[C]=O. The van der Waals surface area contributed by atoms with Gasteiger partial charge in [0, 0.05) is 0 Å². The summed E-state index contributed by atoms with van der Waals surface area (Å²) in [5.41, 5.74) is 0. The third-order valence-corrected chi connectivity index (χ3v) is 0.306. The van der Waals surface area contributed by atoms with E-state index >= 15 is 0 Å². The lowest BCUT2D eigenvalue weighted by molar-refractivity contribution is -0.125. The van der Waals surface area contributed by atoms with E-state index in [-0.39, 0.29) is 5.12 Å². The summed E-state index contributed by atoms with van der Waals surface area (Å²) < 4.78 is 0. The largest absolute Gasteiger partial charge is 0.328 e. The minimum absolute atomic E-state index is 0.0903. The molecule has 3 N–H and O–H groups in total. The number of nitrogens with one attached hydrogen (secondary N) is 1. The third-order valence-electron chi connectivity index (χ3n) is 0.306. The normalized spacial score (nSPS) is 7.71. The number of carbonyl (C=O) groups excluding carboxylic acids is 2. The molecule has 0 saturated carbocycles. The second kappa shape index (κ2) is 2.27. The van der Waals surface area contributed by atoms with Crippen LogP contribution in [0.25, 0.3) is 0 Å². The van der Waals surface area contributed by atoms with Gasteiger partial charge in [0.2, 0.25) is 0 Å². The molecule has 0 aromatic heterocycles. The van der Waals surface area contributed by atoms with Crippen molar-refractivity contribution < 1.29 is 9.59 Å². The second-order valence-electron chi connectivity index (χ2n) is 0.777. The number of nitrogens with two attached hydrogens (primary N) is 1. The maximum absolute atomic E-state index is 9.70. The molecule has 1 amide bonds. The van der Waals surface area contributed by atoms with Gasteiger partial charge in [-0.1, -0.05) is 0 Å². The van der Waals surface area contributed by atoms with Crippen molar-refractivity contribution in [3.63, 3.8) is 0 Å². The van der Waals surface area contributed by atoms with Gasteiger partial charge in [0.25, 0.3) is 6.29 Å². The Morgan fingerprint density at radius 3 is 2.29 bits per heavy atom. The fourth-order valence-corrected chi connectivity index (χ4v) is 0.0492. The molecule has 0 unspecified atom stereocenters. The van der Waals surface area contributed by atoms with Gasteiger partial charge in [-0.05, 0) is 0 Å². The standard InChI is InChI=1S/C2H3N3O2/c3-5(4)2(7)1-6/h3H,4H2. The molecule has 5 heteroatoms. The Kier molecular flexibility index (Phi) is 1.97. The van der Waals surface area contributed by atoms with Gasteiger partial charge in [0.1, 0.15) is 0 Å². The third kappa shape index (κ3) is 1.85. The summed E-state index contributed by atoms with van der Waals surface area (Å²) in [6.45, 7) is 0. The molecule has 0 aromatic rings. The average molecular weight is 101 g/mol. The van der Waals surface area contributed by atoms with Crippen molar-refractivity contribution in [1.29, 1.82) is 0 Å². The fraction of sp³-hybridized carbons (Fsp3) is 0. The highest BCUT2D eigenvalue weighted by molar-refractivity contribution is 6.23. The van der Waals surface area contributed by atoms with Crippen LogP contribution in [0.5, 0.6) is 0 Å². The molecule has 0 aromatic carbocycles. The molecule has 38 valence electrons. The first-order chi connectivity index (χ1) is 3.18. The molecule has 0 heterocycles. The van der Waals surface area contributed by atoms with Crippen LogP contribution in [0.15, 0.2) is 0 Å². The summed E-state index contributed by atoms with van der Waals surface area (Å²) in [6, 6.07) is 0. The molecule has 5 nitrogen and oxygen atoms in total. The van der Waals surface area contributed by atoms with E-state index < -0.39 is 5.91 Å². The van der Waals surface area contributed by atoms with Crippen molar-refractivity contribution in [2.75, 3.05) is 0 Å². The Balaban J connectivity index is 3.56. The summed E-state index contributed by atoms with van der Waals surface area (Å²) >= 11 is 0. The first-order valence-corrected chi connectivity index (χ1v) is 1.36. The molecule has 0 spiro atoms. The van der Waals surface area contributed by atoms with Crippen LogP contribution in [0.2, 0.25) is 0 Å². The van der Waals surface area contributed by atoms with E-state index in [0.29, 0.717) is 0 Å². The van der Waals surface area contributed by atoms with E-state index in [0.717, 1.165) is 6.29 Å². The number of carbonyl (C=O) groups is 1. The van der Waals surface area contributed by atoms with Crippen LogP contribution in [-0.4, -0.2) is 17.3 Å². The quantitative estimate of drug-likeness (QED) is 0.179. The second-order valence-corrected chi connectivity index (χ2v) is 0.777. The Bertz CT molecular complexity index is 88.9. The Morgan fingerprint density at radius 1 is 1.86 bits per heavy atom. The summed E-state index contributed by atoms with van der Waals surface area (Å²) in [7, 11) is 0. The molecule has 0 fully saturated rings. The average Bonchev–Trinajstić information content (AvgIpc) is 1.65. The van der Waals surface area contributed by atoms with Crippen LogP contribution in [0.3, 0.4) is 0 Å². The van der Waals surface area contributed by atoms with Gasteiger partial charge in [-0.15, -0.1) is 5.84 Å². The van der Waals surface area contributed by atoms with Crippen LogP contribution >= 0.6 is 0 Å². The Morgan fingerprint density at radius 2 is 2.29 bits per heavy atom. The molecule has 2 radical (unpaired) electrons. The molecule has 0 atom stereocenters. The molecular formula is C2H3N3O2. The van der Waals surface area contributed by atoms with E-state index in [2.05, 4.69) is 5.84 Å². The van der Waals surface area contributed by atoms with Crippen LogP contribution < -0.4 is 11.7 Å². The summed E-state index contributed by atoms with van der Waals surface area (Å²) in [5.74, 6) is 9.44. The van der Waals surface area contributed by atoms with Gasteiger partial charge < -0.3 is 0 Å². The monoisotopic (exact) mass is 101 g/mol. The number of amides is 1. The lowest BCUT2D eigenvalue weighted by Gasteiger charge is -1.97. The zero-order valence-corrected chi connectivity index (χ0v) is 3.34. The zero-order valence-electron chi connectivity index (χ0n) is 3.34. The van der Waals surface area contributed by atoms with Crippen molar-refractivity contribution in [3.05, 3.63) is 0 Å². The molecule has 7 heavy (non-hydrogen) atoms. The lowest BCUT2D eigenvalue weighted by Crippen LogP contribution is -2.36. The Hall–Kier alpha value is -0.940. The zero-order chi connectivity index (χ0) is 5.86. The predicted molar refractivity (Wildman–Crippen MR) is 19.8 cm³/mol. The molecule has 0 aliphatic heterocycles. The van der Waals surface area contributed by atoms with E-state index in [1.165, 1.54) is 0 Å². The first kappa shape index (κ1) is 6.06. The van der Waals surface area contributed by atoms with Crippen molar-refractivity contribution in [2.24, 2.45) is 5.84 Å². The molecular weight excluding hydrogens is 98.0 g/mol. The number of hydrogen-bond acceptors (Lipinski definition) is 3. The van der Waals surface area contributed by atoms with Crippen LogP contribution in [0, 0.1) is 0 Å². The number of nitrogens with zero attached hydrogens (tertiary/aromatic N) is 1. The van der Waals surface area contributed by atoms with E-state index in [1.54, 1.807) is 0 Å². The number of rotatable bonds is 1. The maximum atomic E-state index is 9.70. The molecule has 0 rings (SSSR count). The number of hydrogen-bond donors (Lipinski definition) is 1. The molecule has 0 bridgehead atoms. The van der Waals surface area contributed by atoms with Gasteiger partial charge in [-0.25, -0.2) is 5.84 Å². The van der Waals surface area contributed by atoms with Crippen LogP contribution in [-0.2, 0) is 9.59 Å². The van der Waals surface area contributed by atoms with Gasteiger partial charge in [0.15, 0.2) is 0 Å². The highest BCUT2D eigenvalue weighted by Crippen LogP contribution is 1.60. The highest BCUT2D eigenvalue weighted by Gasteiger charge is 2.01. The first-order valence-electron chi connectivity index (χ1n) is 1.36. The van der Waals surface area contributed by atoms with E-state index in [1.807, 2.05) is 0 Å². The van der Waals surface area contributed by atoms with E-state index in [4.69, 9.17) is 5.84 Å². The van der Waals surface area contributed by atoms with E-state index in [9.17, 15) is 9.59 Å². The van der Waals surface area contributed by atoms with Gasteiger partial charge in [-0.2, -0.15) is 5.12 Å². The Labute approximate surface area is 39.8 Å². The van der Waals surface area contributed by atoms with Crippen molar-refractivity contribution in [1.82, 2.24) is 11.0 Å². The fourth-order valence-electron chi connectivity index (χ4n) is 0.0492. The minimum atomic E-state index is -1.18. The smallest absolute Gasteiger partial charge is 0.279 e. The summed E-state index contributed by atoms with van der Waals surface area (Å²) in [6.07, 6.45) is 0.889. The van der Waals surface area contributed by atoms with Crippen molar-refractivity contribution in [3.8, 4) is 0 Å². The summed E-state index contributed by atoms with van der Waals surface area (Å²) in [5, 5.41) is -0.0903. The topological polar surface area (TPSA) is 87.2 Å². The highest BCUT2D eigenvalue weighted by atomic mass is 16.2. The summed E-state index contributed by atoms with van der Waals surface area (Å²) in [4.78, 5) is 18.9. The van der Waals surface area contributed by atoms with Crippen LogP contribution in [0.4, 0.5) is 0 Å². The van der Waals surface area contributed by atoms with Gasteiger partial charge >= 0.3 is 5.91 Å². The van der Waals surface area contributed by atoms with Crippen LogP contribution in [0.1, 0.15) is 0 Å². The van der Waals surface area contributed by atoms with Crippen molar-refractivity contribution >= 4 is 12.2 Å².